The van der Waals surface area contributed by atoms with Crippen LogP contribution in [0.5, 0.6) is 5.75 Å². The molecular weight excluding hydrogens is 214 g/mol. The number of ether oxygens (including phenoxy) is 1. The van der Waals surface area contributed by atoms with Crippen LogP contribution in [0.15, 0.2) is 42.6 Å². The molecule has 1 N–H and O–H groups in total. The number of nitrogens with zero attached hydrogens (tertiary/aromatic N) is 1. The van der Waals surface area contributed by atoms with Gasteiger partial charge in [-0.1, -0.05) is 18.2 Å². The number of para-hydroxylation sites is 1. The zero-order chi connectivity index (χ0) is 12.3. The Hall–Kier alpha value is -1.74. The van der Waals surface area contributed by atoms with Crippen molar-refractivity contribution < 1.29 is 9.84 Å². The lowest BCUT2D eigenvalue weighted by molar-refractivity contribution is 0.189. The molecule has 0 bridgehead atoms. The fourth-order valence-corrected chi connectivity index (χ4v) is 1.97. The molecule has 1 heterocycles. The Balaban J connectivity index is 2.28. The van der Waals surface area contributed by atoms with Crippen molar-refractivity contribution in [3.05, 3.63) is 53.9 Å². The van der Waals surface area contributed by atoms with E-state index in [2.05, 4.69) is 0 Å². The quantitative estimate of drug-likeness (QED) is 0.877. The molecule has 2 aromatic rings. The lowest BCUT2D eigenvalue weighted by Gasteiger charge is -2.13. The molecule has 0 aliphatic heterocycles. The highest BCUT2D eigenvalue weighted by Crippen LogP contribution is 2.21. The topological polar surface area (TPSA) is 34.4 Å². The maximum atomic E-state index is 9.65. The van der Waals surface area contributed by atoms with E-state index in [1.807, 2.05) is 47.2 Å². The van der Waals surface area contributed by atoms with Crippen molar-refractivity contribution in [3.8, 4) is 5.75 Å². The number of aromatic nitrogens is 1. The fourth-order valence-electron chi connectivity index (χ4n) is 1.97. The maximum absolute atomic E-state index is 9.65. The van der Waals surface area contributed by atoms with Crippen LogP contribution in [0.1, 0.15) is 24.3 Å². The van der Waals surface area contributed by atoms with E-state index in [9.17, 15) is 5.11 Å². The third kappa shape index (κ3) is 2.50. The van der Waals surface area contributed by atoms with Gasteiger partial charge in [0.25, 0.3) is 0 Å². The second kappa shape index (κ2) is 5.06. The number of aliphatic hydroxyl groups excluding tert-OH is 1. The maximum Gasteiger partial charge on any atom is 0.123 e. The lowest BCUT2D eigenvalue weighted by atomic mass is 10.2. The standard InChI is InChI=1S/C14H17NO2/c1-11(16)13-7-5-9-15(13)10-12-6-3-4-8-14(12)17-2/h3-9,11,16H,10H2,1-2H3. The van der Waals surface area contributed by atoms with Crippen LogP contribution in [-0.2, 0) is 6.54 Å². The van der Waals surface area contributed by atoms with E-state index in [-0.39, 0.29) is 0 Å². The summed E-state index contributed by atoms with van der Waals surface area (Å²) in [5.41, 5.74) is 2.02. The summed E-state index contributed by atoms with van der Waals surface area (Å²) in [6.07, 6.45) is 1.51. The van der Waals surface area contributed by atoms with E-state index in [0.717, 1.165) is 17.0 Å². The van der Waals surface area contributed by atoms with Crippen LogP contribution in [0, 0.1) is 0 Å². The second-order valence-corrected chi connectivity index (χ2v) is 4.05. The van der Waals surface area contributed by atoms with Crippen LogP contribution in [0.25, 0.3) is 0 Å². The van der Waals surface area contributed by atoms with Gasteiger partial charge in [0.2, 0.25) is 0 Å². The highest BCUT2D eigenvalue weighted by molar-refractivity contribution is 5.33. The second-order valence-electron chi connectivity index (χ2n) is 4.05. The molecule has 3 nitrogen and oxygen atoms in total. The SMILES string of the molecule is COc1ccccc1Cn1cccc1C(C)O. The molecule has 17 heavy (non-hydrogen) atoms. The van der Waals surface area contributed by atoms with E-state index >= 15 is 0 Å². The zero-order valence-corrected chi connectivity index (χ0v) is 10.1. The number of hydrogen-bond donors (Lipinski definition) is 1. The smallest absolute Gasteiger partial charge is 0.123 e. The molecule has 1 atom stereocenters. The Morgan fingerprint density at radius 2 is 2.00 bits per heavy atom. The van der Waals surface area contributed by atoms with Crippen LogP contribution in [0.3, 0.4) is 0 Å². The fraction of sp³-hybridized carbons (Fsp3) is 0.286. The van der Waals surface area contributed by atoms with Gasteiger partial charge >= 0.3 is 0 Å². The van der Waals surface area contributed by atoms with Crippen LogP contribution in [0.2, 0.25) is 0 Å². The van der Waals surface area contributed by atoms with Gasteiger partial charge in [-0.2, -0.15) is 0 Å². The molecule has 2 rings (SSSR count). The first-order valence-electron chi connectivity index (χ1n) is 5.67. The van der Waals surface area contributed by atoms with Gasteiger partial charge in [0.1, 0.15) is 5.75 Å². The Labute approximate surface area is 101 Å². The van der Waals surface area contributed by atoms with Gasteiger partial charge in [-0.05, 0) is 25.1 Å². The number of methoxy groups -OCH3 is 1. The van der Waals surface area contributed by atoms with Crippen LogP contribution >= 0.6 is 0 Å². The van der Waals surface area contributed by atoms with Gasteiger partial charge < -0.3 is 14.4 Å². The van der Waals surface area contributed by atoms with Crippen molar-refractivity contribution in [1.82, 2.24) is 4.57 Å². The summed E-state index contributed by atoms with van der Waals surface area (Å²) in [7, 11) is 1.67. The molecule has 0 aliphatic rings. The van der Waals surface area contributed by atoms with Gasteiger partial charge in [-0.3, -0.25) is 0 Å². The largest absolute Gasteiger partial charge is 0.496 e. The molecule has 0 saturated heterocycles. The van der Waals surface area contributed by atoms with E-state index in [4.69, 9.17) is 4.74 Å². The Kier molecular flexibility index (Phi) is 3.49. The Bertz CT molecular complexity index is 488. The molecule has 0 spiro atoms. The Morgan fingerprint density at radius 1 is 1.24 bits per heavy atom. The van der Waals surface area contributed by atoms with Gasteiger partial charge in [-0.15, -0.1) is 0 Å². The molecule has 0 amide bonds. The van der Waals surface area contributed by atoms with E-state index in [1.165, 1.54) is 0 Å². The summed E-state index contributed by atoms with van der Waals surface area (Å²) >= 11 is 0. The minimum atomic E-state index is -0.459. The van der Waals surface area contributed by atoms with Crippen LogP contribution in [-0.4, -0.2) is 16.8 Å². The van der Waals surface area contributed by atoms with E-state index in [1.54, 1.807) is 14.0 Å². The van der Waals surface area contributed by atoms with Gasteiger partial charge in [-0.25, -0.2) is 0 Å². The molecule has 1 aromatic heterocycles. The third-order valence-corrected chi connectivity index (χ3v) is 2.83. The summed E-state index contributed by atoms with van der Waals surface area (Å²) in [6, 6.07) is 11.8. The first-order chi connectivity index (χ1) is 8.22. The average molecular weight is 231 g/mol. The normalized spacial score (nSPS) is 12.4. The third-order valence-electron chi connectivity index (χ3n) is 2.83. The van der Waals surface area contributed by atoms with Crippen molar-refractivity contribution in [2.45, 2.75) is 19.6 Å². The van der Waals surface area contributed by atoms with Crippen molar-refractivity contribution >= 4 is 0 Å². The van der Waals surface area contributed by atoms with Crippen LogP contribution in [0.4, 0.5) is 0 Å². The lowest BCUT2D eigenvalue weighted by Crippen LogP contribution is -2.06. The average Bonchev–Trinajstić information content (AvgIpc) is 2.78. The summed E-state index contributed by atoms with van der Waals surface area (Å²) < 4.78 is 7.35. The molecule has 3 heteroatoms. The molecular formula is C14H17NO2. The number of benzene rings is 1. The summed E-state index contributed by atoms with van der Waals surface area (Å²) in [4.78, 5) is 0. The first kappa shape index (κ1) is 11.7. The van der Waals surface area contributed by atoms with Gasteiger partial charge in [0, 0.05) is 17.5 Å². The minimum Gasteiger partial charge on any atom is -0.496 e. The Morgan fingerprint density at radius 3 is 2.71 bits per heavy atom. The molecule has 1 unspecified atom stereocenters. The number of hydrogen-bond acceptors (Lipinski definition) is 2. The van der Waals surface area contributed by atoms with Crippen molar-refractivity contribution in [3.63, 3.8) is 0 Å². The summed E-state index contributed by atoms with van der Waals surface area (Å²) in [5, 5.41) is 9.65. The van der Waals surface area contributed by atoms with E-state index in [0.29, 0.717) is 6.54 Å². The first-order valence-corrected chi connectivity index (χ1v) is 5.67. The summed E-state index contributed by atoms with van der Waals surface area (Å²) in [5.74, 6) is 0.873. The zero-order valence-electron chi connectivity index (χ0n) is 10.1. The molecule has 0 fully saturated rings. The highest BCUT2D eigenvalue weighted by atomic mass is 16.5. The molecule has 0 aliphatic carbocycles. The van der Waals surface area contributed by atoms with Gasteiger partial charge in [0.05, 0.1) is 19.8 Å². The molecule has 0 radical (unpaired) electrons. The molecule has 0 saturated carbocycles. The van der Waals surface area contributed by atoms with Crippen molar-refractivity contribution in [1.29, 1.82) is 0 Å². The van der Waals surface area contributed by atoms with E-state index < -0.39 is 6.10 Å². The van der Waals surface area contributed by atoms with Gasteiger partial charge in [0.15, 0.2) is 0 Å². The van der Waals surface area contributed by atoms with Crippen molar-refractivity contribution in [2.75, 3.05) is 7.11 Å². The molecule has 1 aromatic carbocycles. The highest BCUT2D eigenvalue weighted by Gasteiger charge is 2.08. The minimum absolute atomic E-state index is 0.459. The predicted octanol–water partition coefficient (Wildman–Crippen LogP) is 2.60. The number of aliphatic hydroxyl groups is 1. The van der Waals surface area contributed by atoms with Crippen molar-refractivity contribution in [2.24, 2.45) is 0 Å². The summed E-state index contributed by atoms with van der Waals surface area (Å²) in [6.45, 7) is 2.48. The monoisotopic (exact) mass is 231 g/mol. The molecule has 90 valence electrons. The predicted molar refractivity (Wildman–Crippen MR) is 67.2 cm³/mol. The number of rotatable bonds is 4. The van der Waals surface area contributed by atoms with Crippen LogP contribution < -0.4 is 4.74 Å².